The number of aromatic hydroxyl groups is 1. The molecular weight excluding hydrogens is 218 g/mol. The molecule has 0 saturated heterocycles. The molecule has 1 heterocycles. The Balaban J connectivity index is 2.11. The molecule has 2 rings (SSSR count). The van der Waals surface area contributed by atoms with Crippen LogP contribution in [0, 0.1) is 4.64 Å². The van der Waals surface area contributed by atoms with E-state index < -0.39 is 0 Å². The predicted octanol–water partition coefficient (Wildman–Crippen LogP) is 3.17. The zero-order chi connectivity index (χ0) is 11.4. The molecule has 2 aromatic rings. The van der Waals surface area contributed by atoms with E-state index in [0.29, 0.717) is 4.64 Å². The van der Waals surface area contributed by atoms with Crippen LogP contribution in [0.3, 0.4) is 0 Å². The van der Waals surface area contributed by atoms with Gasteiger partial charge in [-0.1, -0.05) is 42.5 Å². The number of nitrogens with zero attached hydrogens (tertiary/aromatic N) is 1. The number of aromatic nitrogens is 1. The van der Waals surface area contributed by atoms with Crippen molar-refractivity contribution in [3.05, 3.63) is 58.9 Å². The first-order valence-electron chi connectivity index (χ1n) is 5.20. The van der Waals surface area contributed by atoms with Gasteiger partial charge in [-0.25, -0.2) is 0 Å². The molecule has 0 aliphatic heterocycles. The third-order valence-corrected chi connectivity index (χ3v) is 2.93. The number of rotatable bonds is 3. The smallest absolute Gasteiger partial charge is 0.150 e. The van der Waals surface area contributed by atoms with Crippen molar-refractivity contribution in [3.8, 4) is 5.75 Å². The zero-order valence-corrected chi connectivity index (χ0v) is 9.65. The van der Waals surface area contributed by atoms with E-state index in [9.17, 15) is 5.11 Å². The molecule has 82 valence electrons. The molecule has 0 fully saturated rings. The Hall–Kier alpha value is -1.61. The van der Waals surface area contributed by atoms with E-state index in [4.69, 9.17) is 12.2 Å². The molecule has 1 N–H and O–H groups in total. The molecule has 0 aliphatic rings. The summed E-state index contributed by atoms with van der Waals surface area (Å²) >= 11 is 5.12. The van der Waals surface area contributed by atoms with E-state index in [-0.39, 0.29) is 5.75 Å². The van der Waals surface area contributed by atoms with Crippen molar-refractivity contribution in [2.75, 3.05) is 0 Å². The van der Waals surface area contributed by atoms with Crippen molar-refractivity contribution < 1.29 is 5.11 Å². The summed E-state index contributed by atoms with van der Waals surface area (Å²) < 4.78 is 2.39. The van der Waals surface area contributed by atoms with E-state index in [1.165, 1.54) is 5.56 Å². The Kier molecular flexibility index (Phi) is 3.37. The quantitative estimate of drug-likeness (QED) is 0.821. The highest BCUT2D eigenvalue weighted by Crippen LogP contribution is 2.11. The van der Waals surface area contributed by atoms with Crippen molar-refractivity contribution in [2.45, 2.75) is 13.0 Å². The molecule has 0 aliphatic carbocycles. The van der Waals surface area contributed by atoms with Crippen LogP contribution in [0.2, 0.25) is 0 Å². The van der Waals surface area contributed by atoms with E-state index in [1.54, 1.807) is 12.1 Å². The fourth-order valence-electron chi connectivity index (χ4n) is 1.59. The lowest BCUT2D eigenvalue weighted by molar-refractivity contribution is 0.462. The summed E-state index contributed by atoms with van der Waals surface area (Å²) in [7, 11) is 0. The summed E-state index contributed by atoms with van der Waals surface area (Å²) in [5.41, 5.74) is 1.27. The van der Waals surface area contributed by atoms with Gasteiger partial charge in [-0.05, 0) is 24.1 Å². The van der Waals surface area contributed by atoms with Gasteiger partial charge < -0.3 is 9.67 Å². The van der Waals surface area contributed by atoms with Crippen LogP contribution in [0.5, 0.6) is 5.75 Å². The third kappa shape index (κ3) is 2.49. The van der Waals surface area contributed by atoms with Crippen LogP contribution in [0.4, 0.5) is 0 Å². The van der Waals surface area contributed by atoms with Gasteiger partial charge in [-0.2, -0.15) is 0 Å². The van der Waals surface area contributed by atoms with Gasteiger partial charge in [0.25, 0.3) is 0 Å². The van der Waals surface area contributed by atoms with E-state index >= 15 is 0 Å². The second-order valence-electron chi connectivity index (χ2n) is 3.63. The average Bonchev–Trinajstić information content (AvgIpc) is 2.32. The Bertz CT molecular complexity index is 519. The first kappa shape index (κ1) is 10.9. The van der Waals surface area contributed by atoms with Crippen LogP contribution in [-0.4, -0.2) is 9.67 Å². The number of pyridine rings is 1. The summed E-state index contributed by atoms with van der Waals surface area (Å²) in [6.45, 7) is 0.789. The Morgan fingerprint density at radius 2 is 1.81 bits per heavy atom. The van der Waals surface area contributed by atoms with E-state index in [0.717, 1.165) is 13.0 Å². The molecular formula is C13H13NOS. The highest BCUT2D eigenvalue weighted by atomic mass is 32.1. The lowest BCUT2D eigenvalue weighted by Crippen LogP contribution is -2.02. The number of benzene rings is 1. The molecule has 2 nitrogen and oxygen atoms in total. The molecule has 0 bridgehead atoms. The van der Waals surface area contributed by atoms with Crippen molar-refractivity contribution in [1.29, 1.82) is 0 Å². The standard InChI is InChI=1S/C13H13NOS/c15-12-7-4-9-14(13(12)16)10-8-11-5-2-1-3-6-11/h1-7,9,15H,8,10H2. The highest BCUT2D eigenvalue weighted by Gasteiger charge is 1.97. The lowest BCUT2D eigenvalue weighted by Gasteiger charge is -2.07. The lowest BCUT2D eigenvalue weighted by atomic mass is 10.1. The second kappa shape index (κ2) is 4.94. The maximum Gasteiger partial charge on any atom is 0.150 e. The molecule has 0 atom stereocenters. The summed E-state index contributed by atoms with van der Waals surface area (Å²) in [6.07, 6.45) is 2.81. The van der Waals surface area contributed by atoms with E-state index in [2.05, 4.69) is 12.1 Å². The minimum atomic E-state index is 0.172. The Morgan fingerprint density at radius 3 is 2.56 bits per heavy atom. The van der Waals surface area contributed by atoms with Gasteiger partial charge in [0.15, 0.2) is 0 Å². The Morgan fingerprint density at radius 1 is 1.06 bits per heavy atom. The van der Waals surface area contributed by atoms with Crippen molar-refractivity contribution in [1.82, 2.24) is 4.57 Å². The van der Waals surface area contributed by atoms with Crippen LogP contribution >= 0.6 is 12.2 Å². The number of aryl methyl sites for hydroxylation is 2. The summed E-state index contributed by atoms with van der Waals surface area (Å²) in [5.74, 6) is 0.172. The molecule has 0 unspecified atom stereocenters. The fraction of sp³-hybridized carbons (Fsp3) is 0.154. The van der Waals surface area contributed by atoms with E-state index in [1.807, 2.05) is 29.0 Å². The van der Waals surface area contributed by atoms with Gasteiger partial charge in [0, 0.05) is 12.7 Å². The van der Waals surface area contributed by atoms with Crippen LogP contribution < -0.4 is 0 Å². The SMILES string of the molecule is Oc1cccn(CCc2ccccc2)c1=S. The van der Waals surface area contributed by atoms with Crippen LogP contribution in [0.25, 0.3) is 0 Å². The molecule has 16 heavy (non-hydrogen) atoms. The fourth-order valence-corrected chi connectivity index (χ4v) is 1.81. The highest BCUT2D eigenvalue weighted by molar-refractivity contribution is 7.71. The zero-order valence-electron chi connectivity index (χ0n) is 8.84. The number of hydrogen-bond donors (Lipinski definition) is 1. The van der Waals surface area contributed by atoms with Crippen LogP contribution in [-0.2, 0) is 13.0 Å². The maximum absolute atomic E-state index is 9.47. The summed E-state index contributed by atoms with van der Waals surface area (Å²) in [5, 5.41) is 9.47. The predicted molar refractivity (Wildman–Crippen MR) is 67.1 cm³/mol. The molecule has 0 spiro atoms. The van der Waals surface area contributed by atoms with Crippen molar-refractivity contribution >= 4 is 12.2 Å². The molecule has 1 aromatic carbocycles. The maximum atomic E-state index is 9.47. The molecule has 0 saturated carbocycles. The molecule has 0 radical (unpaired) electrons. The van der Waals surface area contributed by atoms with Crippen molar-refractivity contribution in [2.24, 2.45) is 0 Å². The number of hydrogen-bond acceptors (Lipinski definition) is 2. The van der Waals surface area contributed by atoms with Crippen LogP contribution in [0.1, 0.15) is 5.56 Å². The minimum absolute atomic E-state index is 0.172. The average molecular weight is 231 g/mol. The Labute approximate surface area is 99.8 Å². The van der Waals surface area contributed by atoms with Crippen LogP contribution in [0.15, 0.2) is 48.7 Å². The van der Waals surface area contributed by atoms with Gasteiger partial charge in [-0.3, -0.25) is 0 Å². The largest absolute Gasteiger partial charge is 0.505 e. The van der Waals surface area contributed by atoms with Gasteiger partial charge >= 0.3 is 0 Å². The minimum Gasteiger partial charge on any atom is -0.505 e. The molecule has 0 amide bonds. The summed E-state index contributed by atoms with van der Waals surface area (Å²) in [6, 6.07) is 13.6. The normalized spacial score (nSPS) is 10.2. The van der Waals surface area contributed by atoms with Gasteiger partial charge in [0.05, 0.1) is 0 Å². The van der Waals surface area contributed by atoms with Crippen molar-refractivity contribution in [3.63, 3.8) is 0 Å². The van der Waals surface area contributed by atoms with Gasteiger partial charge in [0.1, 0.15) is 10.4 Å². The molecule has 3 heteroatoms. The topological polar surface area (TPSA) is 25.2 Å². The molecule has 1 aromatic heterocycles. The monoisotopic (exact) mass is 231 g/mol. The first-order chi connectivity index (χ1) is 7.77. The summed E-state index contributed by atoms with van der Waals surface area (Å²) in [4.78, 5) is 0. The second-order valence-corrected chi connectivity index (χ2v) is 4.01. The first-order valence-corrected chi connectivity index (χ1v) is 5.60. The van der Waals surface area contributed by atoms with Gasteiger partial charge in [-0.15, -0.1) is 0 Å². The third-order valence-electron chi connectivity index (χ3n) is 2.48. The van der Waals surface area contributed by atoms with Gasteiger partial charge in [0.2, 0.25) is 0 Å².